The molecule has 1 aliphatic rings. The lowest BCUT2D eigenvalue weighted by atomic mass is 9.92. The second-order valence-corrected chi connectivity index (χ2v) is 9.28. The molecule has 0 saturated carbocycles. The van der Waals surface area contributed by atoms with Gasteiger partial charge in [0, 0.05) is 18.5 Å². The summed E-state index contributed by atoms with van der Waals surface area (Å²) in [6.07, 6.45) is -3.36. The van der Waals surface area contributed by atoms with Gasteiger partial charge in [-0.3, -0.25) is 4.79 Å². The Bertz CT molecular complexity index is 1190. The number of carbonyl (C=O) groups is 1. The molecule has 180 valence electrons. The van der Waals surface area contributed by atoms with Crippen molar-refractivity contribution in [3.05, 3.63) is 59.1 Å². The number of piperidine rings is 1. The molecule has 34 heavy (non-hydrogen) atoms. The fourth-order valence-electron chi connectivity index (χ4n) is 4.38. The molecule has 2 atom stereocenters. The average Bonchev–Trinajstić information content (AvgIpc) is 2.77. The number of benzene rings is 2. The number of anilines is 2. The maximum Gasteiger partial charge on any atom is 0.416 e. The largest absolute Gasteiger partial charge is 0.481 e. The van der Waals surface area contributed by atoms with Crippen LogP contribution in [0.25, 0.3) is 10.9 Å². The highest BCUT2D eigenvalue weighted by Crippen LogP contribution is 2.34. The van der Waals surface area contributed by atoms with Gasteiger partial charge < -0.3 is 15.0 Å². The minimum atomic E-state index is -4.54. The van der Waals surface area contributed by atoms with Crippen molar-refractivity contribution in [3.8, 4) is 5.75 Å². The molecule has 1 saturated heterocycles. The number of hydrogen-bond donors (Lipinski definition) is 1. The summed E-state index contributed by atoms with van der Waals surface area (Å²) in [6.45, 7) is 5.90. The zero-order valence-electron chi connectivity index (χ0n) is 18.8. The van der Waals surface area contributed by atoms with E-state index >= 15 is 0 Å². The molecule has 1 N–H and O–H groups in total. The molecular weight excluding hydrogens is 467 g/mol. The van der Waals surface area contributed by atoms with Crippen LogP contribution in [-0.4, -0.2) is 30.6 Å². The number of amides is 1. The number of pyridine rings is 1. The predicted molar refractivity (Wildman–Crippen MR) is 127 cm³/mol. The predicted octanol–water partition coefficient (Wildman–Crippen LogP) is 6.41. The summed E-state index contributed by atoms with van der Waals surface area (Å²) in [5.74, 6) is 1.77. The molecule has 9 heteroatoms. The Morgan fingerprint density at radius 3 is 2.59 bits per heavy atom. The lowest BCUT2D eigenvalue weighted by Crippen LogP contribution is -2.39. The zero-order chi connectivity index (χ0) is 24.5. The monoisotopic (exact) mass is 491 g/mol. The number of fused-ring (bicyclic) bond motifs is 1. The number of nitrogens with zero attached hydrogens (tertiary/aromatic N) is 2. The summed E-state index contributed by atoms with van der Waals surface area (Å²) in [7, 11) is 0. The minimum Gasteiger partial charge on any atom is -0.481 e. The molecule has 4 rings (SSSR count). The number of hydrogen-bond acceptors (Lipinski definition) is 4. The first-order chi connectivity index (χ1) is 16.1. The first-order valence-electron chi connectivity index (χ1n) is 11.0. The van der Waals surface area contributed by atoms with Gasteiger partial charge in [0.25, 0.3) is 5.91 Å². The van der Waals surface area contributed by atoms with Gasteiger partial charge >= 0.3 is 6.18 Å². The molecule has 3 aromatic rings. The Morgan fingerprint density at radius 1 is 1.15 bits per heavy atom. The van der Waals surface area contributed by atoms with Crippen molar-refractivity contribution in [1.29, 1.82) is 0 Å². The molecule has 0 aliphatic carbocycles. The van der Waals surface area contributed by atoms with Gasteiger partial charge in [0.15, 0.2) is 6.61 Å². The molecular formula is C25H25ClF3N3O2. The summed E-state index contributed by atoms with van der Waals surface area (Å²) < 4.78 is 44.6. The molecule has 1 aromatic heterocycles. The molecule has 1 fully saturated rings. The van der Waals surface area contributed by atoms with Crippen LogP contribution in [0.3, 0.4) is 0 Å². The van der Waals surface area contributed by atoms with Gasteiger partial charge in [0.1, 0.15) is 17.1 Å². The topological polar surface area (TPSA) is 54.5 Å². The number of para-hydroxylation sites is 1. The average molecular weight is 492 g/mol. The Labute approximate surface area is 200 Å². The first kappa shape index (κ1) is 24.1. The lowest BCUT2D eigenvalue weighted by molar-refractivity contribution is -0.137. The van der Waals surface area contributed by atoms with Crippen LogP contribution in [0.15, 0.2) is 48.5 Å². The SMILES string of the molecule is CC1CC(C)CN(c2ccc3cccc(OCC(=O)Nc4cc(C(F)(F)F)ccc4Cl)c3n2)C1. The number of rotatable bonds is 5. The van der Waals surface area contributed by atoms with E-state index in [9.17, 15) is 18.0 Å². The van der Waals surface area contributed by atoms with Gasteiger partial charge in [-0.15, -0.1) is 0 Å². The van der Waals surface area contributed by atoms with E-state index < -0.39 is 24.3 Å². The zero-order valence-corrected chi connectivity index (χ0v) is 19.6. The fraction of sp³-hybridized carbons (Fsp3) is 0.360. The van der Waals surface area contributed by atoms with Gasteiger partial charge in [-0.05, 0) is 54.7 Å². The van der Waals surface area contributed by atoms with Crippen molar-refractivity contribution >= 4 is 39.9 Å². The van der Waals surface area contributed by atoms with E-state index in [1.807, 2.05) is 18.2 Å². The van der Waals surface area contributed by atoms with E-state index in [-0.39, 0.29) is 10.7 Å². The van der Waals surface area contributed by atoms with Crippen LogP contribution in [-0.2, 0) is 11.0 Å². The van der Waals surface area contributed by atoms with Crippen LogP contribution in [0.4, 0.5) is 24.7 Å². The van der Waals surface area contributed by atoms with Crippen LogP contribution in [0.5, 0.6) is 5.75 Å². The smallest absolute Gasteiger partial charge is 0.416 e. The summed E-state index contributed by atoms with van der Waals surface area (Å²) >= 11 is 5.96. The number of ether oxygens (including phenoxy) is 1. The Hall–Kier alpha value is -3.00. The van der Waals surface area contributed by atoms with Crippen molar-refractivity contribution in [1.82, 2.24) is 4.98 Å². The normalized spacial score (nSPS) is 18.7. The second kappa shape index (κ2) is 9.70. The van der Waals surface area contributed by atoms with E-state index in [2.05, 4.69) is 24.1 Å². The number of halogens is 4. The third kappa shape index (κ3) is 5.55. The summed E-state index contributed by atoms with van der Waals surface area (Å²) in [5, 5.41) is 3.25. The minimum absolute atomic E-state index is 0.00260. The van der Waals surface area contributed by atoms with Gasteiger partial charge in [-0.1, -0.05) is 37.6 Å². The second-order valence-electron chi connectivity index (χ2n) is 8.88. The van der Waals surface area contributed by atoms with Crippen LogP contribution >= 0.6 is 11.6 Å². The quantitative estimate of drug-likeness (QED) is 0.448. The maximum absolute atomic E-state index is 13.0. The van der Waals surface area contributed by atoms with Crippen molar-refractivity contribution in [2.75, 3.05) is 29.9 Å². The number of carbonyl (C=O) groups excluding carboxylic acids is 1. The Balaban J connectivity index is 1.50. The molecule has 1 aliphatic heterocycles. The fourth-order valence-corrected chi connectivity index (χ4v) is 4.54. The van der Waals surface area contributed by atoms with Gasteiger partial charge in [0.05, 0.1) is 16.3 Å². The molecule has 0 spiro atoms. The number of alkyl halides is 3. The van der Waals surface area contributed by atoms with Crippen molar-refractivity contribution < 1.29 is 22.7 Å². The van der Waals surface area contributed by atoms with Crippen molar-refractivity contribution in [3.63, 3.8) is 0 Å². The van der Waals surface area contributed by atoms with E-state index in [0.717, 1.165) is 42.5 Å². The summed E-state index contributed by atoms with van der Waals surface area (Å²) in [5.41, 5.74) is -0.409. The highest BCUT2D eigenvalue weighted by molar-refractivity contribution is 6.33. The molecule has 2 aromatic carbocycles. The van der Waals surface area contributed by atoms with Crippen molar-refractivity contribution in [2.45, 2.75) is 26.4 Å². The standard InChI is InChI=1S/C25H25ClF3N3O2/c1-15-10-16(2)13-32(12-15)22-9-6-17-4-3-5-21(24(17)31-22)34-14-23(33)30-20-11-18(25(27,28)29)7-8-19(20)26/h3-9,11,15-16H,10,12-14H2,1-2H3,(H,30,33). The van der Waals surface area contributed by atoms with E-state index in [4.69, 9.17) is 21.3 Å². The van der Waals surface area contributed by atoms with Crippen molar-refractivity contribution in [2.24, 2.45) is 11.8 Å². The van der Waals surface area contributed by atoms with E-state index in [1.54, 1.807) is 12.1 Å². The Morgan fingerprint density at radius 2 is 1.88 bits per heavy atom. The molecule has 0 bridgehead atoms. The van der Waals surface area contributed by atoms with Crippen LogP contribution in [0.1, 0.15) is 25.8 Å². The van der Waals surface area contributed by atoms with Gasteiger partial charge in [-0.2, -0.15) is 13.2 Å². The van der Waals surface area contributed by atoms with Gasteiger partial charge in [-0.25, -0.2) is 4.98 Å². The van der Waals surface area contributed by atoms with Gasteiger partial charge in [0.2, 0.25) is 0 Å². The Kier molecular flexibility index (Phi) is 6.89. The highest BCUT2D eigenvalue weighted by Gasteiger charge is 2.31. The molecule has 0 radical (unpaired) electrons. The van der Waals surface area contributed by atoms with E-state index in [1.165, 1.54) is 6.42 Å². The van der Waals surface area contributed by atoms with Crippen LogP contribution in [0, 0.1) is 11.8 Å². The molecule has 5 nitrogen and oxygen atoms in total. The van der Waals surface area contributed by atoms with E-state index in [0.29, 0.717) is 23.1 Å². The van der Waals surface area contributed by atoms with Crippen LogP contribution in [0.2, 0.25) is 5.02 Å². The molecule has 1 amide bonds. The molecule has 2 unspecified atom stereocenters. The highest BCUT2D eigenvalue weighted by atomic mass is 35.5. The molecule has 2 heterocycles. The first-order valence-corrected chi connectivity index (χ1v) is 11.4. The third-order valence-electron chi connectivity index (χ3n) is 5.79. The lowest BCUT2D eigenvalue weighted by Gasteiger charge is -2.35. The summed E-state index contributed by atoms with van der Waals surface area (Å²) in [4.78, 5) is 19.5. The number of nitrogens with one attached hydrogen (secondary N) is 1. The summed E-state index contributed by atoms with van der Waals surface area (Å²) in [6, 6.07) is 12.1. The van der Waals surface area contributed by atoms with Crippen LogP contribution < -0.4 is 15.0 Å². The third-order valence-corrected chi connectivity index (χ3v) is 6.12. The number of aromatic nitrogens is 1. The maximum atomic E-state index is 13.0.